The van der Waals surface area contributed by atoms with Gasteiger partial charge in [-0.2, -0.15) is 0 Å². The number of benzene rings is 2. The van der Waals surface area contributed by atoms with Gasteiger partial charge >= 0.3 is 0 Å². The Morgan fingerprint density at radius 3 is 2.35 bits per heavy atom. The predicted octanol–water partition coefficient (Wildman–Crippen LogP) is 3.65. The standard InChI is InChI=1S/C13H11F2NO/c1-8-6-13(12(16)7-11(8)15)17-10-4-2-9(14)3-5-10/h2-7H,16H2,1H3. The lowest BCUT2D eigenvalue weighted by atomic mass is 10.2. The summed E-state index contributed by atoms with van der Waals surface area (Å²) in [6, 6.07) is 8.23. The molecule has 0 amide bonds. The first kappa shape index (κ1) is 11.4. The Labute approximate surface area is 97.6 Å². The molecule has 2 nitrogen and oxygen atoms in total. The van der Waals surface area contributed by atoms with E-state index in [0.29, 0.717) is 17.1 Å². The van der Waals surface area contributed by atoms with E-state index in [1.165, 1.54) is 36.4 Å². The Morgan fingerprint density at radius 1 is 1.06 bits per heavy atom. The van der Waals surface area contributed by atoms with Crippen LogP contribution in [0, 0.1) is 18.6 Å². The molecule has 0 radical (unpaired) electrons. The van der Waals surface area contributed by atoms with Gasteiger partial charge in [-0.3, -0.25) is 0 Å². The van der Waals surface area contributed by atoms with Crippen molar-refractivity contribution >= 4 is 5.69 Å². The van der Waals surface area contributed by atoms with Gasteiger partial charge in [0.1, 0.15) is 17.4 Å². The van der Waals surface area contributed by atoms with Crippen molar-refractivity contribution in [3.63, 3.8) is 0 Å². The summed E-state index contributed by atoms with van der Waals surface area (Å²) in [5.41, 5.74) is 6.28. The molecule has 0 aliphatic heterocycles. The molecule has 0 atom stereocenters. The van der Waals surface area contributed by atoms with Crippen molar-refractivity contribution in [2.24, 2.45) is 0 Å². The molecule has 0 aromatic heterocycles. The van der Waals surface area contributed by atoms with Crippen molar-refractivity contribution in [2.45, 2.75) is 6.92 Å². The van der Waals surface area contributed by atoms with Crippen LogP contribution in [0.1, 0.15) is 5.56 Å². The van der Waals surface area contributed by atoms with Gasteiger partial charge in [-0.25, -0.2) is 8.78 Å². The number of anilines is 1. The smallest absolute Gasteiger partial charge is 0.150 e. The molecule has 0 aliphatic carbocycles. The van der Waals surface area contributed by atoms with E-state index in [-0.39, 0.29) is 17.3 Å². The first-order chi connectivity index (χ1) is 8.06. The second-order valence-corrected chi connectivity index (χ2v) is 3.70. The Bertz CT molecular complexity index is 538. The molecule has 2 N–H and O–H groups in total. The molecule has 88 valence electrons. The third-order valence-electron chi connectivity index (χ3n) is 2.33. The fourth-order valence-electron chi connectivity index (χ4n) is 1.39. The summed E-state index contributed by atoms with van der Waals surface area (Å²) in [5.74, 6) is 0.0779. The van der Waals surface area contributed by atoms with Gasteiger partial charge in [-0.15, -0.1) is 0 Å². The normalized spacial score (nSPS) is 10.3. The van der Waals surface area contributed by atoms with Crippen LogP contribution in [0.25, 0.3) is 0 Å². The van der Waals surface area contributed by atoms with Gasteiger partial charge in [0.25, 0.3) is 0 Å². The maximum absolute atomic E-state index is 13.2. The summed E-state index contributed by atoms with van der Waals surface area (Å²) in [6.07, 6.45) is 0. The number of nitrogens with two attached hydrogens (primary N) is 1. The minimum Gasteiger partial charge on any atom is -0.455 e. The predicted molar refractivity (Wildman–Crippen MR) is 62.0 cm³/mol. The number of hydrogen-bond acceptors (Lipinski definition) is 2. The van der Waals surface area contributed by atoms with E-state index < -0.39 is 0 Å². The molecule has 0 spiro atoms. The molecular weight excluding hydrogens is 224 g/mol. The van der Waals surface area contributed by atoms with E-state index in [1.54, 1.807) is 6.92 Å². The molecule has 0 saturated heterocycles. The summed E-state index contributed by atoms with van der Waals surface area (Å²) in [5, 5.41) is 0. The largest absolute Gasteiger partial charge is 0.455 e. The molecule has 0 heterocycles. The maximum atomic E-state index is 13.2. The van der Waals surface area contributed by atoms with Crippen molar-refractivity contribution in [2.75, 3.05) is 5.73 Å². The van der Waals surface area contributed by atoms with Crippen LogP contribution in [0.4, 0.5) is 14.5 Å². The molecular formula is C13H11F2NO. The lowest BCUT2D eigenvalue weighted by Gasteiger charge is -2.09. The summed E-state index contributed by atoms with van der Waals surface area (Å²) >= 11 is 0. The molecule has 0 aliphatic rings. The third-order valence-corrected chi connectivity index (χ3v) is 2.33. The van der Waals surface area contributed by atoms with Crippen LogP contribution < -0.4 is 10.5 Å². The fourth-order valence-corrected chi connectivity index (χ4v) is 1.39. The molecule has 2 aromatic carbocycles. The molecule has 0 unspecified atom stereocenters. The van der Waals surface area contributed by atoms with Crippen LogP contribution in [0.15, 0.2) is 36.4 Å². The fraction of sp³-hybridized carbons (Fsp3) is 0.0769. The highest BCUT2D eigenvalue weighted by atomic mass is 19.1. The first-order valence-corrected chi connectivity index (χ1v) is 5.05. The van der Waals surface area contributed by atoms with Crippen LogP contribution in [-0.4, -0.2) is 0 Å². The van der Waals surface area contributed by atoms with Crippen LogP contribution in [0.5, 0.6) is 11.5 Å². The van der Waals surface area contributed by atoms with Crippen LogP contribution in [0.2, 0.25) is 0 Å². The molecule has 0 saturated carbocycles. The molecule has 0 bridgehead atoms. The summed E-state index contributed by atoms with van der Waals surface area (Å²) < 4.78 is 31.3. The molecule has 17 heavy (non-hydrogen) atoms. The van der Waals surface area contributed by atoms with E-state index in [1.807, 2.05) is 0 Å². The quantitative estimate of drug-likeness (QED) is 0.806. The average Bonchev–Trinajstić information content (AvgIpc) is 2.29. The van der Waals surface area contributed by atoms with Crippen molar-refractivity contribution in [3.05, 3.63) is 53.6 Å². The molecule has 2 aromatic rings. The van der Waals surface area contributed by atoms with Crippen molar-refractivity contribution in [3.8, 4) is 11.5 Å². The third kappa shape index (κ3) is 2.53. The number of nitrogen functional groups attached to an aromatic ring is 1. The van der Waals surface area contributed by atoms with E-state index in [9.17, 15) is 8.78 Å². The highest BCUT2D eigenvalue weighted by Crippen LogP contribution is 2.29. The van der Waals surface area contributed by atoms with Gasteiger partial charge in [-0.05, 0) is 42.8 Å². The summed E-state index contributed by atoms with van der Waals surface area (Å²) in [7, 11) is 0. The minimum atomic E-state index is -0.381. The zero-order valence-corrected chi connectivity index (χ0v) is 9.21. The van der Waals surface area contributed by atoms with Gasteiger partial charge in [-0.1, -0.05) is 0 Å². The maximum Gasteiger partial charge on any atom is 0.150 e. The van der Waals surface area contributed by atoms with Crippen molar-refractivity contribution in [1.29, 1.82) is 0 Å². The van der Waals surface area contributed by atoms with E-state index in [2.05, 4.69) is 0 Å². The Morgan fingerprint density at radius 2 is 1.71 bits per heavy atom. The zero-order valence-electron chi connectivity index (χ0n) is 9.21. The molecule has 0 fully saturated rings. The second kappa shape index (κ2) is 4.41. The molecule has 2 rings (SSSR count). The Kier molecular flexibility index (Phi) is 2.95. The van der Waals surface area contributed by atoms with Gasteiger partial charge in [0.2, 0.25) is 0 Å². The topological polar surface area (TPSA) is 35.2 Å². The number of aryl methyl sites for hydroxylation is 1. The summed E-state index contributed by atoms with van der Waals surface area (Å²) in [6.45, 7) is 1.62. The highest BCUT2D eigenvalue weighted by Gasteiger charge is 2.07. The van der Waals surface area contributed by atoms with Crippen LogP contribution >= 0.6 is 0 Å². The van der Waals surface area contributed by atoms with Crippen molar-refractivity contribution in [1.82, 2.24) is 0 Å². The van der Waals surface area contributed by atoms with Crippen LogP contribution in [-0.2, 0) is 0 Å². The minimum absolute atomic E-state index is 0.206. The van der Waals surface area contributed by atoms with Gasteiger partial charge < -0.3 is 10.5 Å². The van der Waals surface area contributed by atoms with Crippen LogP contribution in [0.3, 0.4) is 0 Å². The Hall–Kier alpha value is -2.10. The van der Waals surface area contributed by atoms with Gasteiger partial charge in [0.15, 0.2) is 5.75 Å². The average molecular weight is 235 g/mol. The van der Waals surface area contributed by atoms with Crippen molar-refractivity contribution < 1.29 is 13.5 Å². The number of hydrogen-bond donors (Lipinski definition) is 1. The van der Waals surface area contributed by atoms with E-state index >= 15 is 0 Å². The first-order valence-electron chi connectivity index (χ1n) is 5.05. The van der Waals surface area contributed by atoms with Gasteiger partial charge in [0.05, 0.1) is 5.69 Å². The number of rotatable bonds is 2. The van der Waals surface area contributed by atoms with E-state index in [0.717, 1.165) is 0 Å². The zero-order chi connectivity index (χ0) is 12.4. The van der Waals surface area contributed by atoms with Gasteiger partial charge in [0, 0.05) is 6.07 Å². The highest BCUT2D eigenvalue weighted by molar-refractivity contribution is 5.55. The monoisotopic (exact) mass is 235 g/mol. The SMILES string of the molecule is Cc1cc(Oc2ccc(F)cc2)c(N)cc1F. The number of halogens is 2. The lowest BCUT2D eigenvalue weighted by molar-refractivity contribution is 0.480. The van der Waals surface area contributed by atoms with E-state index in [4.69, 9.17) is 10.5 Å². The summed E-state index contributed by atoms with van der Waals surface area (Å²) in [4.78, 5) is 0. The number of ether oxygens (including phenoxy) is 1. The Balaban J connectivity index is 2.30. The lowest BCUT2D eigenvalue weighted by Crippen LogP contribution is -1.95. The molecule has 4 heteroatoms. The second-order valence-electron chi connectivity index (χ2n) is 3.70.